The van der Waals surface area contributed by atoms with Crippen molar-refractivity contribution in [2.24, 2.45) is 0 Å². The molecular weight excluding hydrogens is 236 g/mol. The molecule has 17 heavy (non-hydrogen) atoms. The van der Waals surface area contributed by atoms with Crippen LogP contribution in [0.2, 0.25) is 5.02 Å². The van der Waals surface area contributed by atoms with Gasteiger partial charge in [-0.05, 0) is 30.5 Å². The summed E-state index contributed by atoms with van der Waals surface area (Å²) in [6.07, 6.45) is 0. The third-order valence-corrected chi connectivity index (χ3v) is 3.02. The molecule has 0 aliphatic heterocycles. The van der Waals surface area contributed by atoms with Gasteiger partial charge in [-0.15, -0.1) is 0 Å². The monoisotopic (exact) mass is 254 g/mol. The van der Waals surface area contributed by atoms with E-state index >= 15 is 0 Å². The number of urea groups is 1. The Labute approximate surface area is 108 Å². The topological polar surface area (TPSA) is 32.3 Å². The highest BCUT2D eigenvalue weighted by Gasteiger charge is 2.09. The second-order valence-electron chi connectivity index (χ2n) is 4.34. The van der Waals surface area contributed by atoms with E-state index < -0.39 is 0 Å². The van der Waals surface area contributed by atoms with Gasteiger partial charge >= 0.3 is 6.03 Å². The average Bonchev–Trinajstić information content (AvgIpc) is 2.27. The molecule has 4 heteroatoms. The summed E-state index contributed by atoms with van der Waals surface area (Å²) in [7, 11) is 1.75. The summed E-state index contributed by atoms with van der Waals surface area (Å²) in [5, 5.41) is 3.49. The largest absolute Gasteiger partial charge is 0.328 e. The van der Waals surface area contributed by atoms with Crippen LogP contribution in [0.15, 0.2) is 18.2 Å². The van der Waals surface area contributed by atoms with Gasteiger partial charge in [-0.1, -0.05) is 31.5 Å². The van der Waals surface area contributed by atoms with Crippen LogP contribution in [0.3, 0.4) is 0 Å². The molecule has 0 heterocycles. The second kappa shape index (κ2) is 5.92. The molecule has 0 saturated carbocycles. The minimum atomic E-state index is -0.124. The Bertz CT molecular complexity index is 404. The molecule has 0 radical (unpaired) electrons. The van der Waals surface area contributed by atoms with E-state index in [-0.39, 0.29) is 6.03 Å². The number of benzene rings is 1. The second-order valence-corrected chi connectivity index (χ2v) is 4.74. The third-order valence-electron chi connectivity index (χ3n) is 2.69. The van der Waals surface area contributed by atoms with E-state index in [1.165, 1.54) is 0 Å². The third kappa shape index (κ3) is 3.63. The fourth-order valence-corrected chi connectivity index (χ4v) is 1.83. The molecule has 0 unspecified atom stereocenters. The number of carbonyl (C=O) groups is 1. The highest BCUT2D eigenvalue weighted by Crippen LogP contribution is 2.27. The van der Waals surface area contributed by atoms with Gasteiger partial charge in [0.2, 0.25) is 0 Å². The molecule has 1 rings (SSSR count). The molecule has 0 fully saturated rings. The number of carbonyl (C=O) groups excluding carboxylic acids is 1. The molecule has 0 bridgehead atoms. The van der Waals surface area contributed by atoms with Crippen molar-refractivity contribution in [1.29, 1.82) is 0 Å². The maximum absolute atomic E-state index is 11.6. The Hall–Kier alpha value is -1.22. The van der Waals surface area contributed by atoms with Crippen LogP contribution in [0.25, 0.3) is 0 Å². The summed E-state index contributed by atoms with van der Waals surface area (Å²) in [6.45, 7) is 6.77. The number of amides is 2. The zero-order chi connectivity index (χ0) is 13.0. The fourth-order valence-electron chi connectivity index (χ4n) is 1.44. The van der Waals surface area contributed by atoms with Crippen LogP contribution >= 0.6 is 11.6 Å². The summed E-state index contributed by atoms with van der Waals surface area (Å²) >= 11 is 6.16. The molecule has 3 nitrogen and oxygen atoms in total. The summed E-state index contributed by atoms with van der Waals surface area (Å²) in [5.74, 6) is 0.380. The van der Waals surface area contributed by atoms with E-state index in [9.17, 15) is 4.79 Å². The van der Waals surface area contributed by atoms with E-state index in [0.29, 0.717) is 17.5 Å². The van der Waals surface area contributed by atoms with Crippen LogP contribution in [0, 0.1) is 0 Å². The van der Waals surface area contributed by atoms with E-state index in [2.05, 4.69) is 19.2 Å². The summed E-state index contributed by atoms with van der Waals surface area (Å²) in [6, 6.07) is 5.50. The highest BCUT2D eigenvalue weighted by molar-refractivity contribution is 6.31. The predicted molar refractivity (Wildman–Crippen MR) is 72.9 cm³/mol. The van der Waals surface area contributed by atoms with E-state index in [0.717, 1.165) is 11.3 Å². The lowest BCUT2D eigenvalue weighted by Crippen LogP contribution is -2.30. The SMILES string of the molecule is CCN(C)C(=O)Nc1ccc(C(C)C)c(Cl)c1. The smallest absolute Gasteiger partial charge is 0.321 e. The van der Waals surface area contributed by atoms with Crippen molar-refractivity contribution in [3.8, 4) is 0 Å². The van der Waals surface area contributed by atoms with Gasteiger partial charge in [-0.2, -0.15) is 0 Å². The van der Waals surface area contributed by atoms with Crippen LogP contribution in [0.4, 0.5) is 10.5 Å². The van der Waals surface area contributed by atoms with Gasteiger partial charge in [-0.3, -0.25) is 0 Å². The molecule has 2 amide bonds. The van der Waals surface area contributed by atoms with Crippen molar-refractivity contribution >= 4 is 23.3 Å². The van der Waals surface area contributed by atoms with Crippen LogP contribution in [-0.2, 0) is 0 Å². The number of anilines is 1. The number of hydrogen-bond acceptors (Lipinski definition) is 1. The van der Waals surface area contributed by atoms with Gasteiger partial charge in [0.15, 0.2) is 0 Å². The molecule has 0 aliphatic rings. The number of rotatable bonds is 3. The predicted octanol–water partition coefficient (Wildman–Crippen LogP) is 3.95. The maximum atomic E-state index is 11.6. The normalized spacial score (nSPS) is 10.5. The van der Waals surface area contributed by atoms with Crippen molar-refractivity contribution < 1.29 is 4.79 Å². The maximum Gasteiger partial charge on any atom is 0.321 e. The van der Waals surface area contributed by atoms with Gasteiger partial charge in [0, 0.05) is 24.3 Å². The van der Waals surface area contributed by atoms with Gasteiger partial charge in [-0.25, -0.2) is 4.79 Å². The van der Waals surface area contributed by atoms with Crippen LogP contribution in [0.1, 0.15) is 32.3 Å². The Morgan fingerprint density at radius 2 is 2.12 bits per heavy atom. The minimum absolute atomic E-state index is 0.124. The first-order chi connectivity index (χ1) is 7.95. The van der Waals surface area contributed by atoms with Gasteiger partial charge in [0.05, 0.1) is 0 Å². The highest BCUT2D eigenvalue weighted by atomic mass is 35.5. The standard InChI is InChI=1S/C13H19ClN2O/c1-5-16(4)13(17)15-10-6-7-11(9(2)3)12(14)8-10/h6-9H,5H2,1-4H3,(H,15,17). The molecule has 0 aliphatic carbocycles. The lowest BCUT2D eigenvalue weighted by molar-refractivity contribution is 0.224. The quantitative estimate of drug-likeness (QED) is 0.870. The van der Waals surface area contributed by atoms with Crippen LogP contribution < -0.4 is 5.32 Å². The van der Waals surface area contributed by atoms with Crippen LogP contribution in [-0.4, -0.2) is 24.5 Å². The Morgan fingerprint density at radius 1 is 1.47 bits per heavy atom. The zero-order valence-electron chi connectivity index (χ0n) is 10.7. The Balaban J connectivity index is 2.81. The zero-order valence-corrected chi connectivity index (χ0v) is 11.5. The van der Waals surface area contributed by atoms with Crippen molar-refractivity contribution in [2.45, 2.75) is 26.7 Å². The minimum Gasteiger partial charge on any atom is -0.328 e. The molecule has 0 saturated heterocycles. The molecule has 1 N–H and O–H groups in total. The van der Waals surface area contributed by atoms with E-state index in [4.69, 9.17) is 11.6 Å². The first-order valence-electron chi connectivity index (χ1n) is 5.77. The Kier molecular flexibility index (Phi) is 4.82. The van der Waals surface area contributed by atoms with Gasteiger partial charge in [0.1, 0.15) is 0 Å². The van der Waals surface area contributed by atoms with E-state index in [1.807, 2.05) is 19.1 Å². The molecule has 0 spiro atoms. The Morgan fingerprint density at radius 3 is 2.59 bits per heavy atom. The molecule has 94 valence electrons. The van der Waals surface area contributed by atoms with Crippen molar-refractivity contribution in [2.75, 3.05) is 18.9 Å². The summed E-state index contributed by atoms with van der Waals surface area (Å²) < 4.78 is 0. The molecule has 1 aromatic rings. The number of nitrogens with zero attached hydrogens (tertiary/aromatic N) is 1. The fraction of sp³-hybridized carbons (Fsp3) is 0.462. The average molecular weight is 255 g/mol. The molecular formula is C13H19ClN2O. The number of halogens is 1. The first-order valence-corrected chi connectivity index (χ1v) is 6.15. The van der Waals surface area contributed by atoms with Crippen molar-refractivity contribution in [3.63, 3.8) is 0 Å². The molecule has 0 atom stereocenters. The molecule has 0 aromatic heterocycles. The van der Waals surface area contributed by atoms with Gasteiger partial charge in [0.25, 0.3) is 0 Å². The van der Waals surface area contributed by atoms with Crippen molar-refractivity contribution in [1.82, 2.24) is 4.90 Å². The van der Waals surface area contributed by atoms with E-state index in [1.54, 1.807) is 18.0 Å². The summed E-state index contributed by atoms with van der Waals surface area (Å²) in [5.41, 5.74) is 1.82. The van der Waals surface area contributed by atoms with Crippen molar-refractivity contribution in [3.05, 3.63) is 28.8 Å². The lowest BCUT2D eigenvalue weighted by atomic mass is 10.0. The first kappa shape index (κ1) is 13.8. The van der Waals surface area contributed by atoms with Gasteiger partial charge < -0.3 is 10.2 Å². The summed E-state index contributed by atoms with van der Waals surface area (Å²) in [4.78, 5) is 13.2. The molecule has 1 aromatic carbocycles. The lowest BCUT2D eigenvalue weighted by Gasteiger charge is -2.16. The van der Waals surface area contributed by atoms with Crippen LogP contribution in [0.5, 0.6) is 0 Å². The number of nitrogens with one attached hydrogen (secondary N) is 1. The number of hydrogen-bond donors (Lipinski definition) is 1.